The first-order valence-electron chi connectivity index (χ1n) is 6.51. The predicted octanol–water partition coefficient (Wildman–Crippen LogP) is 5.10. The monoisotopic (exact) mass is 382 g/mol. The first-order chi connectivity index (χ1) is 10.1. The van der Waals surface area contributed by atoms with Gasteiger partial charge < -0.3 is 4.98 Å². The van der Waals surface area contributed by atoms with E-state index in [1.807, 2.05) is 36.6 Å². The minimum absolute atomic E-state index is 0.131. The van der Waals surface area contributed by atoms with Gasteiger partial charge in [-0.25, -0.2) is 4.98 Å². The average molecular weight is 384 g/mol. The van der Waals surface area contributed by atoms with Gasteiger partial charge in [0.15, 0.2) is 0 Å². The number of rotatable bonds is 3. The molecular weight excluding hydrogens is 372 g/mol. The summed E-state index contributed by atoms with van der Waals surface area (Å²) in [4.78, 5) is 20.4. The maximum absolute atomic E-state index is 12.4. The van der Waals surface area contributed by atoms with Crippen molar-refractivity contribution in [3.8, 4) is 11.1 Å². The van der Waals surface area contributed by atoms with Crippen molar-refractivity contribution in [2.75, 3.05) is 0 Å². The Hall–Kier alpha value is -1.17. The lowest BCUT2D eigenvalue weighted by Crippen LogP contribution is -2.12. The molecule has 2 aromatic heterocycles. The highest BCUT2D eigenvalue weighted by molar-refractivity contribution is 9.10. The summed E-state index contributed by atoms with van der Waals surface area (Å²) in [7, 11) is 0. The molecule has 0 radical (unpaired) electrons. The highest BCUT2D eigenvalue weighted by atomic mass is 79.9. The fourth-order valence-corrected chi connectivity index (χ4v) is 3.47. The molecule has 3 rings (SSSR count). The molecule has 3 aromatic rings. The van der Waals surface area contributed by atoms with Gasteiger partial charge in [0.25, 0.3) is 5.56 Å². The van der Waals surface area contributed by atoms with Crippen LogP contribution in [0.4, 0.5) is 0 Å². The van der Waals surface area contributed by atoms with Crippen LogP contribution >= 0.6 is 38.9 Å². The average Bonchev–Trinajstić information content (AvgIpc) is 2.91. The first-order valence-corrected chi connectivity index (χ1v) is 8.62. The summed E-state index contributed by atoms with van der Waals surface area (Å²) in [5, 5.41) is 2.33. The molecule has 21 heavy (non-hydrogen) atoms. The van der Waals surface area contributed by atoms with E-state index in [-0.39, 0.29) is 10.9 Å². The molecule has 0 aliphatic rings. The number of halogens is 2. The molecule has 0 aliphatic carbocycles. The fraction of sp³-hybridized carbons (Fsp3) is 0.200. The van der Waals surface area contributed by atoms with Crippen molar-refractivity contribution in [1.29, 1.82) is 0 Å². The van der Waals surface area contributed by atoms with Crippen LogP contribution in [0.15, 0.2) is 38.9 Å². The molecule has 1 atom stereocenters. The van der Waals surface area contributed by atoms with Gasteiger partial charge in [-0.2, -0.15) is 0 Å². The van der Waals surface area contributed by atoms with Gasteiger partial charge in [0.1, 0.15) is 10.7 Å². The Morgan fingerprint density at radius 3 is 2.76 bits per heavy atom. The Kier molecular flexibility index (Phi) is 4.15. The summed E-state index contributed by atoms with van der Waals surface area (Å²) in [6, 6.07) is 7.88. The molecular formula is C15H12BrClN2OS. The van der Waals surface area contributed by atoms with Crippen LogP contribution in [0, 0.1) is 0 Å². The van der Waals surface area contributed by atoms with Crippen LogP contribution < -0.4 is 5.56 Å². The second-order valence-electron chi connectivity index (χ2n) is 4.66. The Morgan fingerprint density at radius 2 is 2.10 bits per heavy atom. The van der Waals surface area contributed by atoms with E-state index in [2.05, 4.69) is 25.9 Å². The molecule has 108 valence electrons. The van der Waals surface area contributed by atoms with E-state index in [1.165, 1.54) is 11.3 Å². The van der Waals surface area contributed by atoms with Crippen molar-refractivity contribution in [1.82, 2.24) is 9.97 Å². The van der Waals surface area contributed by atoms with Crippen LogP contribution in [-0.4, -0.2) is 9.97 Å². The molecule has 0 fully saturated rings. The largest absolute Gasteiger partial charge is 0.309 e. The lowest BCUT2D eigenvalue weighted by molar-refractivity contribution is 0.807. The maximum Gasteiger partial charge on any atom is 0.260 e. The normalized spacial score (nSPS) is 12.7. The molecule has 3 nitrogen and oxygen atoms in total. The third-order valence-electron chi connectivity index (χ3n) is 3.27. The van der Waals surface area contributed by atoms with Crippen LogP contribution in [0.1, 0.15) is 24.5 Å². The molecule has 0 saturated carbocycles. The second-order valence-corrected chi connectivity index (χ2v) is 6.96. The van der Waals surface area contributed by atoms with Crippen LogP contribution in [0.25, 0.3) is 21.3 Å². The molecule has 0 bridgehead atoms. The molecule has 0 amide bonds. The summed E-state index contributed by atoms with van der Waals surface area (Å²) in [6.45, 7) is 1.96. The highest BCUT2D eigenvalue weighted by Crippen LogP contribution is 2.32. The van der Waals surface area contributed by atoms with E-state index >= 15 is 0 Å². The fourth-order valence-electron chi connectivity index (χ4n) is 2.15. The molecule has 1 aromatic carbocycles. The first kappa shape index (κ1) is 14.8. The van der Waals surface area contributed by atoms with E-state index in [1.54, 1.807) is 0 Å². The number of nitrogens with one attached hydrogen (secondary N) is 1. The summed E-state index contributed by atoms with van der Waals surface area (Å²) in [5.41, 5.74) is 1.78. The number of H-pyrrole nitrogens is 1. The summed E-state index contributed by atoms with van der Waals surface area (Å²) < 4.78 is 1.01. The molecule has 0 spiro atoms. The van der Waals surface area contributed by atoms with Gasteiger partial charge in [0, 0.05) is 15.4 Å². The van der Waals surface area contributed by atoms with Crippen molar-refractivity contribution in [3.05, 3.63) is 50.3 Å². The van der Waals surface area contributed by atoms with Crippen molar-refractivity contribution in [2.24, 2.45) is 0 Å². The molecule has 2 heterocycles. The third-order valence-corrected chi connectivity index (χ3v) is 5.19. The van der Waals surface area contributed by atoms with Gasteiger partial charge in [0.2, 0.25) is 0 Å². The minimum atomic E-state index is -0.264. The van der Waals surface area contributed by atoms with E-state index < -0.39 is 0 Å². The van der Waals surface area contributed by atoms with Crippen LogP contribution in [0.2, 0.25) is 0 Å². The van der Waals surface area contributed by atoms with Crippen molar-refractivity contribution in [2.45, 2.75) is 18.7 Å². The quantitative estimate of drug-likeness (QED) is 0.639. The predicted molar refractivity (Wildman–Crippen MR) is 92.3 cm³/mol. The smallest absolute Gasteiger partial charge is 0.260 e. The van der Waals surface area contributed by atoms with Crippen LogP contribution in [0.5, 0.6) is 0 Å². The lowest BCUT2D eigenvalue weighted by Gasteiger charge is -2.05. The van der Waals surface area contributed by atoms with E-state index in [9.17, 15) is 4.79 Å². The number of aromatic nitrogens is 2. The van der Waals surface area contributed by atoms with Crippen molar-refractivity contribution >= 4 is 49.1 Å². The number of hydrogen-bond donors (Lipinski definition) is 1. The number of benzene rings is 1. The minimum Gasteiger partial charge on any atom is -0.309 e. The molecule has 0 saturated heterocycles. The summed E-state index contributed by atoms with van der Waals surface area (Å²) in [6.07, 6.45) is 0.723. The summed E-state index contributed by atoms with van der Waals surface area (Å²) in [5.74, 6) is 0.542. The van der Waals surface area contributed by atoms with E-state index in [0.717, 1.165) is 26.9 Å². The van der Waals surface area contributed by atoms with Gasteiger partial charge >= 0.3 is 0 Å². The van der Waals surface area contributed by atoms with Gasteiger partial charge in [-0.05, 0) is 24.1 Å². The van der Waals surface area contributed by atoms with Gasteiger partial charge in [-0.3, -0.25) is 4.79 Å². The topological polar surface area (TPSA) is 45.8 Å². The Balaban J connectivity index is 2.19. The second kappa shape index (κ2) is 5.91. The van der Waals surface area contributed by atoms with Crippen LogP contribution in [-0.2, 0) is 0 Å². The van der Waals surface area contributed by atoms with E-state index in [4.69, 9.17) is 11.6 Å². The lowest BCUT2D eigenvalue weighted by atomic mass is 10.1. The van der Waals surface area contributed by atoms with Crippen molar-refractivity contribution < 1.29 is 0 Å². The Labute approximate surface area is 139 Å². The number of fused-ring (bicyclic) bond motifs is 1. The highest BCUT2D eigenvalue weighted by Gasteiger charge is 2.15. The Morgan fingerprint density at radius 1 is 1.38 bits per heavy atom. The molecule has 6 heteroatoms. The van der Waals surface area contributed by atoms with Crippen LogP contribution in [0.3, 0.4) is 0 Å². The molecule has 1 N–H and O–H groups in total. The third kappa shape index (κ3) is 2.78. The standard InChI is InChI=1S/C15H12BrClN2OS/c1-2-11(17)13-18-14(20)12-10(7-21-15(12)19-13)8-3-5-9(16)6-4-8/h3-7,11H,2H2,1H3,(H,18,19,20). The number of alkyl halides is 1. The summed E-state index contributed by atoms with van der Waals surface area (Å²) >= 11 is 11.1. The zero-order valence-corrected chi connectivity index (χ0v) is 14.3. The van der Waals surface area contributed by atoms with Gasteiger partial charge in [0.05, 0.1) is 10.8 Å². The number of aromatic amines is 1. The maximum atomic E-state index is 12.4. The van der Waals surface area contributed by atoms with Gasteiger partial charge in [-0.1, -0.05) is 35.0 Å². The van der Waals surface area contributed by atoms with Crippen molar-refractivity contribution in [3.63, 3.8) is 0 Å². The number of hydrogen-bond acceptors (Lipinski definition) is 3. The molecule has 0 aliphatic heterocycles. The number of thiophene rings is 1. The SMILES string of the molecule is CCC(Cl)c1nc2scc(-c3ccc(Br)cc3)c2c(=O)[nH]1. The zero-order valence-electron chi connectivity index (χ0n) is 11.2. The Bertz CT molecular complexity index is 841. The van der Waals surface area contributed by atoms with E-state index in [0.29, 0.717) is 11.2 Å². The molecule has 1 unspecified atom stereocenters. The number of nitrogens with zero attached hydrogens (tertiary/aromatic N) is 1. The van der Waals surface area contributed by atoms with Gasteiger partial charge in [-0.15, -0.1) is 22.9 Å². The zero-order chi connectivity index (χ0) is 15.0.